The van der Waals surface area contributed by atoms with Crippen molar-refractivity contribution in [2.75, 3.05) is 13.2 Å². The zero-order chi connectivity index (χ0) is 13.8. The fraction of sp³-hybridized carbons (Fsp3) is 0.467. The Bertz CT molecular complexity index is 535. The number of hydrogen-bond donors (Lipinski definition) is 1. The first-order chi connectivity index (χ1) is 9.83. The van der Waals surface area contributed by atoms with Gasteiger partial charge >= 0.3 is 0 Å². The van der Waals surface area contributed by atoms with Gasteiger partial charge in [-0.2, -0.15) is 4.98 Å². The molecule has 106 valence electrons. The van der Waals surface area contributed by atoms with Gasteiger partial charge in [-0.05, 0) is 24.8 Å². The highest BCUT2D eigenvalue weighted by Crippen LogP contribution is 2.25. The molecule has 0 bridgehead atoms. The Balaban J connectivity index is 1.66. The molecule has 0 unspecified atom stereocenters. The standard InChI is InChI=1S/C15H19N3O2/c16-13(10-11-4-2-1-3-5-11)15-17-14(18-20-15)12-6-8-19-9-7-12/h1-5,12-13H,6-10,16H2/t13-/m1/s1. The molecule has 20 heavy (non-hydrogen) atoms. The highest BCUT2D eigenvalue weighted by Gasteiger charge is 2.23. The second-order valence-electron chi connectivity index (χ2n) is 5.17. The second-order valence-corrected chi connectivity index (χ2v) is 5.17. The minimum atomic E-state index is -0.251. The molecule has 1 aliphatic heterocycles. The fourth-order valence-electron chi connectivity index (χ4n) is 2.47. The van der Waals surface area contributed by atoms with Gasteiger partial charge in [-0.3, -0.25) is 0 Å². The molecule has 1 atom stereocenters. The van der Waals surface area contributed by atoms with E-state index in [9.17, 15) is 0 Å². The molecule has 1 fully saturated rings. The van der Waals surface area contributed by atoms with Gasteiger partial charge in [0.15, 0.2) is 5.82 Å². The van der Waals surface area contributed by atoms with Crippen LogP contribution in [0.15, 0.2) is 34.9 Å². The molecular formula is C15H19N3O2. The Kier molecular flexibility index (Phi) is 4.08. The Morgan fingerprint density at radius 3 is 2.70 bits per heavy atom. The largest absolute Gasteiger partial charge is 0.381 e. The molecule has 0 amide bonds. The molecule has 5 heteroatoms. The summed E-state index contributed by atoms with van der Waals surface area (Å²) >= 11 is 0. The van der Waals surface area contributed by atoms with E-state index in [-0.39, 0.29) is 6.04 Å². The molecule has 0 saturated carbocycles. The zero-order valence-electron chi connectivity index (χ0n) is 11.4. The van der Waals surface area contributed by atoms with E-state index in [1.807, 2.05) is 18.2 Å². The molecule has 1 aromatic heterocycles. The van der Waals surface area contributed by atoms with E-state index in [1.54, 1.807) is 0 Å². The van der Waals surface area contributed by atoms with E-state index in [4.69, 9.17) is 15.0 Å². The van der Waals surface area contributed by atoms with Crippen molar-refractivity contribution < 1.29 is 9.26 Å². The van der Waals surface area contributed by atoms with Gasteiger partial charge in [-0.25, -0.2) is 0 Å². The first-order valence-corrected chi connectivity index (χ1v) is 7.03. The van der Waals surface area contributed by atoms with Crippen LogP contribution in [0.4, 0.5) is 0 Å². The maximum atomic E-state index is 6.15. The molecule has 0 radical (unpaired) electrons. The highest BCUT2D eigenvalue weighted by molar-refractivity contribution is 5.16. The topological polar surface area (TPSA) is 74.2 Å². The van der Waals surface area contributed by atoms with Gasteiger partial charge in [-0.1, -0.05) is 35.5 Å². The molecule has 2 aromatic rings. The van der Waals surface area contributed by atoms with Crippen LogP contribution >= 0.6 is 0 Å². The normalized spacial score (nSPS) is 18.1. The van der Waals surface area contributed by atoms with E-state index in [2.05, 4.69) is 22.3 Å². The van der Waals surface area contributed by atoms with Gasteiger partial charge in [0.1, 0.15) is 0 Å². The molecule has 0 spiro atoms. The van der Waals surface area contributed by atoms with Crippen LogP contribution in [0.1, 0.15) is 42.1 Å². The number of hydrogen-bond acceptors (Lipinski definition) is 5. The molecule has 1 aromatic carbocycles. The summed E-state index contributed by atoms with van der Waals surface area (Å²) in [5.74, 6) is 1.63. The van der Waals surface area contributed by atoms with Gasteiger partial charge in [0.25, 0.3) is 0 Å². The highest BCUT2D eigenvalue weighted by atomic mass is 16.5. The van der Waals surface area contributed by atoms with Crippen molar-refractivity contribution in [3.63, 3.8) is 0 Å². The van der Waals surface area contributed by atoms with Crippen LogP contribution in [0.25, 0.3) is 0 Å². The summed E-state index contributed by atoms with van der Waals surface area (Å²) < 4.78 is 10.7. The quantitative estimate of drug-likeness (QED) is 0.924. The number of aromatic nitrogens is 2. The van der Waals surface area contributed by atoms with Crippen LogP contribution in [0.5, 0.6) is 0 Å². The summed E-state index contributed by atoms with van der Waals surface area (Å²) in [5.41, 5.74) is 7.32. The third kappa shape index (κ3) is 3.05. The van der Waals surface area contributed by atoms with Crippen LogP contribution in [-0.2, 0) is 11.2 Å². The van der Waals surface area contributed by atoms with Crippen molar-refractivity contribution in [2.45, 2.75) is 31.2 Å². The molecule has 0 aliphatic carbocycles. The molecule has 5 nitrogen and oxygen atoms in total. The third-order valence-corrected chi connectivity index (χ3v) is 3.66. The summed E-state index contributed by atoms with van der Waals surface area (Å²) in [5, 5.41) is 4.08. The summed E-state index contributed by atoms with van der Waals surface area (Å²) in [6, 6.07) is 9.85. The van der Waals surface area contributed by atoms with Crippen LogP contribution in [0.3, 0.4) is 0 Å². The summed E-state index contributed by atoms with van der Waals surface area (Å²) in [4.78, 5) is 4.47. The first kappa shape index (κ1) is 13.3. The van der Waals surface area contributed by atoms with Crippen LogP contribution in [0.2, 0.25) is 0 Å². The van der Waals surface area contributed by atoms with Crippen LogP contribution in [0, 0.1) is 0 Å². The number of nitrogens with zero attached hydrogens (tertiary/aromatic N) is 2. The number of benzene rings is 1. The van der Waals surface area contributed by atoms with Gasteiger partial charge < -0.3 is 15.0 Å². The lowest BCUT2D eigenvalue weighted by Crippen LogP contribution is -2.16. The Hall–Kier alpha value is -1.72. The lowest BCUT2D eigenvalue weighted by Gasteiger charge is -2.18. The Morgan fingerprint density at radius 1 is 1.20 bits per heavy atom. The van der Waals surface area contributed by atoms with Gasteiger partial charge in [-0.15, -0.1) is 0 Å². The predicted octanol–water partition coefficient (Wildman–Crippen LogP) is 2.21. The second kappa shape index (κ2) is 6.15. The van der Waals surface area contributed by atoms with E-state index in [1.165, 1.54) is 5.56 Å². The molecule has 3 rings (SSSR count). The van der Waals surface area contributed by atoms with Gasteiger partial charge in [0, 0.05) is 19.1 Å². The monoisotopic (exact) mass is 273 g/mol. The number of rotatable bonds is 4. The van der Waals surface area contributed by atoms with Crippen LogP contribution in [-0.4, -0.2) is 23.4 Å². The van der Waals surface area contributed by atoms with E-state index >= 15 is 0 Å². The number of ether oxygens (including phenoxy) is 1. The van der Waals surface area contributed by atoms with Gasteiger partial charge in [0.2, 0.25) is 5.89 Å². The van der Waals surface area contributed by atoms with E-state index < -0.39 is 0 Å². The molecule has 2 N–H and O–H groups in total. The van der Waals surface area contributed by atoms with Gasteiger partial charge in [0.05, 0.1) is 6.04 Å². The Morgan fingerprint density at radius 2 is 1.95 bits per heavy atom. The minimum absolute atomic E-state index is 0.251. The van der Waals surface area contributed by atoms with Crippen molar-refractivity contribution in [1.82, 2.24) is 10.1 Å². The lowest BCUT2D eigenvalue weighted by atomic mass is 10.00. The number of nitrogens with two attached hydrogens (primary N) is 1. The summed E-state index contributed by atoms with van der Waals surface area (Å²) in [6.45, 7) is 1.54. The maximum absolute atomic E-state index is 6.15. The third-order valence-electron chi connectivity index (χ3n) is 3.66. The average Bonchev–Trinajstić information content (AvgIpc) is 2.99. The lowest BCUT2D eigenvalue weighted by molar-refractivity contribution is 0.0830. The van der Waals surface area contributed by atoms with Crippen molar-refractivity contribution in [3.8, 4) is 0 Å². The van der Waals surface area contributed by atoms with Crippen molar-refractivity contribution in [3.05, 3.63) is 47.6 Å². The minimum Gasteiger partial charge on any atom is -0.381 e. The molecular weight excluding hydrogens is 254 g/mol. The van der Waals surface area contributed by atoms with Crippen molar-refractivity contribution >= 4 is 0 Å². The summed E-state index contributed by atoms with van der Waals surface area (Å²) in [6.07, 6.45) is 2.61. The SMILES string of the molecule is N[C@H](Cc1ccccc1)c1nc(C2CCOCC2)no1. The van der Waals surface area contributed by atoms with Crippen LogP contribution < -0.4 is 5.73 Å². The van der Waals surface area contributed by atoms with E-state index in [0.717, 1.165) is 31.9 Å². The van der Waals surface area contributed by atoms with Crippen molar-refractivity contribution in [1.29, 1.82) is 0 Å². The maximum Gasteiger partial charge on any atom is 0.243 e. The van der Waals surface area contributed by atoms with Crippen molar-refractivity contribution in [2.24, 2.45) is 5.73 Å². The summed E-state index contributed by atoms with van der Waals surface area (Å²) in [7, 11) is 0. The smallest absolute Gasteiger partial charge is 0.243 e. The molecule has 1 saturated heterocycles. The average molecular weight is 273 g/mol. The predicted molar refractivity (Wildman–Crippen MR) is 74.2 cm³/mol. The zero-order valence-corrected chi connectivity index (χ0v) is 11.4. The Labute approximate surface area is 118 Å². The molecule has 2 heterocycles. The first-order valence-electron chi connectivity index (χ1n) is 7.03. The molecule has 1 aliphatic rings. The fourth-order valence-corrected chi connectivity index (χ4v) is 2.47. The van der Waals surface area contributed by atoms with E-state index in [0.29, 0.717) is 18.2 Å².